The number of aromatic nitrogens is 3. The summed E-state index contributed by atoms with van der Waals surface area (Å²) in [5.74, 6) is 0.711. The largest absolute Gasteiger partial charge is 0.385 e. The first kappa shape index (κ1) is 7.21. The summed E-state index contributed by atoms with van der Waals surface area (Å²) >= 11 is 0. The number of rotatable bonds is 2. The van der Waals surface area contributed by atoms with Crippen LogP contribution in [0.3, 0.4) is 0 Å². The van der Waals surface area contributed by atoms with Gasteiger partial charge in [0.15, 0.2) is 5.82 Å². The number of nitrogens with zero attached hydrogens (tertiary/aromatic N) is 2. The minimum atomic E-state index is -0.525. The van der Waals surface area contributed by atoms with Crippen LogP contribution in [0.1, 0.15) is 25.8 Å². The molecule has 0 radical (unpaired) electrons. The van der Waals surface area contributed by atoms with Gasteiger partial charge in [-0.25, -0.2) is 4.98 Å². The van der Waals surface area contributed by atoms with Gasteiger partial charge in [-0.3, -0.25) is 5.10 Å². The zero-order valence-corrected chi connectivity index (χ0v) is 6.07. The van der Waals surface area contributed by atoms with E-state index in [0.29, 0.717) is 5.82 Å². The van der Waals surface area contributed by atoms with Gasteiger partial charge >= 0.3 is 0 Å². The molecule has 4 nitrogen and oxygen atoms in total. The van der Waals surface area contributed by atoms with Crippen LogP contribution in [0.4, 0.5) is 0 Å². The van der Waals surface area contributed by atoms with E-state index >= 15 is 0 Å². The highest BCUT2D eigenvalue weighted by molar-refractivity contribution is 4.87. The molecule has 0 unspecified atom stereocenters. The molecule has 1 rings (SSSR count). The van der Waals surface area contributed by atoms with Crippen LogP contribution in [-0.2, 0) is 0 Å². The Bertz CT molecular complexity index is 183. The highest BCUT2D eigenvalue weighted by Gasteiger charge is 2.13. The Morgan fingerprint density at radius 3 is 2.70 bits per heavy atom. The summed E-state index contributed by atoms with van der Waals surface area (Å²) in [6.07, 6.45) is 0.864. The molecule has 1 heterocycles. The van der Waals surface area contributed by atoms with Crippen molar-refractivity contribution in [2.24, 2.45) is 5.92 Å². The number of aromatic amines is 1. The van der Waals surface area contributed by atoms with E-state index in [9.17, 15) is 5.11 Å². The lowest BCUT2D eigenvalue weighted by molar-refractivity contribution is 0.118. The fraction of sp³-hybridized carbons (Fsp3) is 0.667. The molecule has 56 valence electrons. The lowest BCUT2D eigenvalue weighted by atomic mass is 10.1. The first-order valence-corrected chi connectivity index (χ1v) is 3.25. The molecule has 0 aliphatic rings. The number of nitrogens with one attached hydrogen (secondary N) is 1. The predicted octanol–water partition coefficient (Wildman–Crippen LogP) is 0.494. The SMILES string of the molecule is CC(C)[C@@H](O)c1ncn[nH]1. The van der Waals surface area contributed by atoms with Crippen LogP contribution in [0.15, 0.2) is 6.33 Å². The molecule has 0 aliphatic carbocycles. The van der Waals surface area contributed by atoms with E-state index in [-0.39, 0.29) is 5.92 Å². The van der Waals surface area contributed by atoms with Crippen LogP contribution >= 0.6 is 0 Å². The number of H-pyrrole nitrogens is 1. The average molecular weight is 141 g/mol. The molecule has 0 fully saturated rings. The Morgan fingerprint density at radius 2 is 2.30 bits per heavy atom. The van der Waals surface area contributed by atoms with Crippen LogP contribution in [0.25, 0.3) is 0 Å². The van der Waals surface area contributed by atoms with Gasteiger partial charge in [-0.05, 0) is 5.92 Å². The fourth-order valence-corrected chi connectivity index (χ4v) is 0.673. The molecule has 1 atom stereocenters. The van der Waals surface area contributed by atoms with E-state index in [1.54, 1.807) is 0 Å². The van der Waals surface area contributed by atoms with Crippen LogP contribution < -0.4 is 0 Å². The Morgan fingerprint density at radius 1 is 1.60 bits per heavy atom. The lowest BCUT2D eigenvalue weighted by Crippen LogP contribution is -2.07. The maximum Gasteiger partial charge on any atom is 0.153 e. The number of hydrogen-bond acceptors (Lipinski definition) is 3. The molecule has 2 N–H and O–H groups in total. The van der Waals surface area contributed by atoms with Gasteiger partial charge in [-0.15, -0.1) is 0 Å². The molecule has 0 saturated heterocycles. The van der Waals surface area contributed by atoms with Crippen LogP contribution in [0.5, 0.6) is 0 Å². The van der Waals surface area contributed by atoms with Crippen molar-refractivity contribution in [3.8, 4) is 0 Å². The first-order valence-electron chi connectivity index (χ1n) is 3.25. The van der Waals surface area contributed by atoms with E-state index in [1.807, 2.05) is 13.8 Å². The van der Waals surface area contributed by atoms with Crippen molar-refractivity contribution in [2.75, 3.05) is 0 Å². The quantitative estimate of drug-likeness (QED) is 0.630. The van der Waals surface area contributed by atoms with E-state index < -0.39 is 6.10 Å². The second-order valence-electron chi connectivity index (χ2n) is 2.56. The molecule has 0 amide bonds. The smallest absolute Gasteiger partial charge is 0.153 e. The standard InChI is InChI=1S/C6H11N3O/c1-4(2)5(10)6-7-3-8-9-6/h3-5,10H,1-2H3,(H,7,8,9)/t5-/m1/s1. The molecule has 10 heavy (non-hydrogen) atoms. The van der Waals surface area contributed by atoms with Gasteiger partial charge in [0.25, 0.3) is 0 Å². The minimum absolute atomic E-state index is 0.174. The molecule has 0 spiro atoms. The molecule has 0 aliphatic heterocycles. The highest BCUT2D eigenvalue weighted by atomic mass is 16.3. The summed E-state index contributed by atoms with van der Waals surface area (Å²) < 4.78 is 0. The summed E-state index contributed by atoms with van der Waals surface area (Å²) in [4.78, 5) is 3.82. The molecule has 0 aromatic carbocycles. The highest BCUT2D eigenvalue weighted by Crippen LogP contribution is 2.15. The van der Waals surface area contributed by atoms with Gasteiger partial charge in [-0.2, -0.15) is 5.10 Å². The zero-order chi connectivity index (χ0) is 7.56. The Balaban J connectivity index is 2.68. The van der Waals surface area contributed by atoms with Crippen molar-refractivity contribution in [1.82, 2.24) is 15.2 Å². The number of aliphatic hydroxyl groups excluding tert-OH is 1. The van der Waals surface area contributed by atoms with Gasteiger partial charge in [0.1, 0.15) is 12.4 Å². The summed E-state index contributed by atoms with van der Waals surface area (Å²) in [7, 11) is 0. The Kier molecular flexibility index (Phi) is 2.01. The van der Waals surface area contributed by atoms with Gasteiger partial charge in [0.05, 0.1) is 0 Å². The fourth-order valence-electron chi connectivity index (χ4n) is 0.673. The molecule has 4 heteroatoms. The monoisotopic (exact) mass is 141 g/mol. The van der Waals surface area contributed by atoms with Gasteiger partial charge in [0.2, 0.25) is 0 Å². The first-order chi connectivity index (χ1) is 4.72. The van der Waals surface area contributed by atoms with Crippen LogP contribution in [0.2, 0.25) is 0 Å². The third-order valence-corrected chi connectivity index (χ3v) is 1.35. The van der Waals surface area contributed by atoms with Gasteiger partial charge in [-0.1, -0.05) is 13.8 Å². The lowest BCUT2D eigenvalue weighted by Gasteiger charge is -2.09. The van der Waals surface area contributed by atoms with Crippen molar-refractivity contribution in [3.63, 3.8) is 0 Å². The summed E-state index contributed by atoms with van der Waals surface area (Å²) in [5, 5.41) is 15.6. The zero-order valence-electron chi connectivity index (χ0n) is 6.07. The molecular weight excluding hydrogens is 130 g/mol. The van der Waals surface area contributed by atoms with E-state index in [2.05, 4.69) is 15.2 Å². The van der Waals surface area contributed by atoms with Gasteiger partial charge in [0, 0.05) is 0 Å². The van der Waals surface area contributed by atoms with Crippen LogP contribution in [-0.4, -0.2) is 20.3 Å². The molecule has 0 saturated carbocycles. The third-order valence-electron chi connectivity index (χ3n) is 1.35. The maximum absolute atomic E-state index is 9.35. The van der Waals surface area contributed by atoms with Crippen molar-refractivity contribution >= 4 is 0 Å². The van der Waals surface area contributed by atoms with Crippen molar-refractivity contribution in [1.29, 1.82) is 0 Å². The normalized spacial score (nSPS) is 14.0. The second-order valence-corrected chi connectivity index (χ2v) is 2.56. The minimum Gasteiger partial charge on any atom is -0.385 e. The Hall–Kier alpha value is -0.900. The molecule has 1 aromatic rings. The summed E-state index contributed by atoms with van der Waals surface area (Å²) in [6, 6.07) is 0. The van der Waals surface area contributed by atoms with E-state index in [1.165, 1.54) is 6.33 Å². The summed E-state index contributed by atoms with van der Waals surface area (Å²) in [5.41, 5.74) is 0. The third kappa shape index (κ3) is 1.33. The molecule has 0 bridgehead atoms. The number of hydrogen-bond donors (Lipinski definition) is 2. The predicted molar refractivity (Wildman–Crippen MR) is 36.2 cm³/mol. The van der Waals surface area contributed by atoms with Crippen LogP contribution in [0, 0.1) is 5.92 Å². The van der Waals surface area contributed by atoms with E-state index in [0.717, 1.165) is 0 Å². The maximum atomic E-state index is 9.35. The second kappa shape index (κ2) is 2.79. The van der Waals surface area contributed by atoms with Crippen molar-refractivity contribution in [3.05, 3.63) is 12.2 Å². The van der Waals surface area contributed by atoms with Crippen molar-refractivity contribution in [2.45, 2.75) is 20.0 Å². The average Bonchev–Trinajstić information content (AvgIpc) is 2.36. The molecular formula is C6H11N3O. The van der Waals surface area contributed by atoms with Crippen molar-refractivity contribution < 1.29 is 5.11 Å². The number of aliphatic hydroxyl groups is 1. The Labute approximate surface area is 59.3 Å². The van der Waals surface area contributed by atoms with Gasteiger partial charge < -0.3 is 5.11 Å². The van der Waals surface area contributed by atoms with E-state index in [4.69, 9.17) is 0 Å². The topological polar surface area (TPSA) is 61.8 Å². The molecule has 1 aromatic heterocycles. The summed E-state index contributed by atoms with van der Waals surface area (Å²) in [6.45, 7) is 3.85.